The van der Waals surface area contributed by atoms with E-state index in [2.05, 4.69) is 58.0 Å². The zero-order valence-electron chi connectivity index (χ0n) is 14.1. The molecule has 1 nitrogen and oxygen atoms in total. The Bertz CT molecular complexity index is 490. The molecule has 0 N–H and O–H groups in total. The molecule has 0 heterocycles. The second-order valence-corrected chi connectivity index (χ2v) is 7.88. The van der Waals surface area contributed by atoms with Gasteiger partial charge in [0.2, 0.25) is 0 Å². The number of nitriles is 1. The lowest BCUT2D eigenvalue weighted by Gasteiger charge is -2.40. The fourth-order valence-electron chi connectivity index (χ4n) is 3.65. The summed E-state index contributed by atoms with van der Waals surface area (Å²) in [5.74, 6) is 0.765. The second-order valence-electron chi connectivity index (χ2n) is 7.88. The van der Waals surface area contributed by atoms with E-state index in [4.69, 9.17) is 0 Å². The second kappa shape index (κ2) is 6.22. The van der Waals surface area contributed by atoms with E-state index in [-0.39, 0.29) is 5.41 Å². The van der Waals surface area contributed by atoms with Gasteiger partial charge in [0.05, 0.1) is 11.5 Å². The smallest absolute Gasteiger partial charge is 0.0693 e. The number of rotatable bonds is 3. The lowest BCUT2D eigenvalue weighted by Crippen LogP contribution is -2.33. The van der Waals surface area contributed by atoms with E-state index >= 15 is 0 Å². The highest BCUT2D eigenvalue weighted by Crippen LogP contribution is 2.46. The number of benzene rings is 1. The minimum absolute atomic E-state index is 0.129. The van der Waals surface area contributed by atoms with Gasteiger partial charge in [-0.1, -0.05) is 52.0 Å². The highest BCUT2D eigenvalue weighted by Gasteiger charge is 2.38. The molecule has 1 saturated carbocycles. The molecular formula is C20H29N. The molecule has 1 aromatic carbocycles. The number of aryl methyl sites for hydroxylation is 1. The van der Waals surface area contributed by atoms with Gasteiger partial charge in [-0.05, 0) is 61.0 Å². The van der Waals surface area contributed by atoms with E-state index in [9.17, 15) is 5.26 Å². The van der Waals surface area contributed by atoms with Gasteiger partial charge in [0.1, 0.15) is 0 Å². The van der Waals surface area contributed by atoms with Crippen LogP contribution in [0, 0.1) is 28.1 Å². The van der Waals surface area contributed by atoms with Gasteiger partial charge < -0.3 is 0 Å². The average molecular weight is 283 g/mol. The first-order valence-electron chi connectivity index (χ1n) is 8.38. The molecule has 2 rings (SSSR count). The molecule has 0 saturated heterocycles. The van der Waals surface area contributed by atoms with Crippen LogP contribution in [-0.4, -0.2) is 0 Å². The molecule has 1 heteroatoms. The van der Waals surface area contributed by atoms with Crippen molar-refractivity contribution in [2.45, 2.75) is 66.2 Å². The first kappa shape index (κ1) is 16.1. The van der Waals surface area contributed by atoms with Crippen LogP contribution in [0.1, 0.15) is 64.5 Å². The van der Waals surface area contributed by atoms with Crippen molar-refractivity contribution in [3.05, 3.63) is 35.4 Å². The van der Waals surface area contributed by atoms with Gasteiger partial charge in [-0.15, -0.1) is 0 Å². The highest BCUT2D eigenvalue weighted by atomic mass is 14.4. The van der Waals surface area contributed by atoms with Gasteiger partial charge in [-0.25, -0.2) is 0 Å². The Morgan fingerprint density at radius 3 is 2.05 bits per heavy atom. The van der Waals surface area contributed by atoms with E-state index in [0.29, 0.717) is 5.41 Å². The third-order valence-electron chi connectivity index (χ3n) is 5.38. The van der Waals surface area contributed by atoms with Crippen molar-refractivity contribution < 1.29 is 0 Å². The molecule has 1 aliphatic rings. The Hall–Kier alpha value is -1.29. The first-order valence-corrected chi connectivity index (χ1v) is 8.38. The molecule has 114 valence electrons. The van der Waals surface area contributed by atoms with Crippen molar-refractivity contribution >= 4 is 0 Å². The molecule has 0 aliphatic heterocycles. The molecule has 0 amide bonds. The summed E-state index contributed by atoms with van der Waals surface area (Å²) in [4.78, 5) is 0. The van der Waals surface area contributed by atoms with Gasteiger partial charge in [0.25, 0.3) is 0 Å². The lowest BCUT2D eigenvalue weighted by atomic mass is 9.63. The molecule has 1 fully saturated rings. The summed E-state index contributed by atoms with van der Waals surface area (Å²) in [5, 5.41) is 9.74. The maximum absolute atomic E-state index is 9.74. The SMILES string of the molecule is CCc1ccc(CC2(C#N)CCC(C(C)(C)C)CC2)cc1. The maximum atomic E-state index is 9.74. The van der Waals surface area contributed by atoms with Crippen LogP contribution in [0.4, 0.5) is 0 Å². The van der Waals surface area contributed by atoms with Crippen molar-refractivity contribution in [3.63, 3.8) is 0 Å². The zero-order chi connectivity index (χ0) is 15.5. The van der Waals surface area contributed by atoms with Gasteiger partial charge in [-0.2, -0.15) is 5.26 Å². The van der Waals surface area contributed by atoms with Crippen LogP contribution >= 0.6 is 0 Å². The van der Waals surface area contributed by atoms with Crippen LogP contribution in [0.15, 0.2) is 24.3 Å². The topological polar surface area (TPSA) is 23.8 Å². The van der Waals surface area contributed by atoms with Crippen LogP contribution in [-0.2, 0) is 12.8 Å². The van der Waals surface area contributed by atoms with Crippen LogP contribution in [0.25, 0.3) is 0 Å². The first-order chi connectivity index (χ1) is 9.88. The Morgan fingerprint density at radius 1 is 1.10 bits per heavy atom. The molecule has 0 radical (unpaired) electrons. The summed E-state index contributed by atoms with van der Waals surface area (Å²) in [6.07, 6.45) is 6.51. The monoisotopic (exact) mass is 283 g/mol. The summed E-state index contributed by atoms with van der Waals surface area (Å²) in [5.41, 5.74) is 2.95. The van der Waals surface area contributed by atoms with Crippen molar-refractivity contribution in [2.24, 2.45) is 16.7 Å². The van der Waals surface area contributed by atoms with Crippen molar-refractivity contribution in [3.8, 4) is 6.07 Å². The molecule has 0 unspecified atom stereocenters. The largest absolute Gasteiger partial charge is 0.198 e. The van der Waals surface area contributed by atoms with Gasteiger partial charge >= 0.3 is 0 Å². The molecule has 0 atom stereocenters. The van der Waals surface area contributed by atoms with Crippen molar-refractivity contribution in [1.82, 2.24) is 0 Å². The normalized spacial score (nSPS) is 26.3. The Balaban J connectivity index is 2.05. The third kappa shape index (κ3) is 3.88. The van der Waals surface area contributed by atoms with E-state index < -0.39 is 0 Å². The molecular weight excluding hydrogens is 254 g/mol. The Morgan fingerprint density at radius 2 is 1.62 bits per heavy atom. The van der Waals surface area contributed by atoms with Crippen molar-refractivity contribution in [1.29, 1.82) is 5.26 Å². The summed E-state index contributed by atoms with van der Waals surface area (Å²) in [7, 11) is 0. The molecule has 21 heavy (non-hydrogen) atoms. The maximum Gasteiger partial charge on any atom is 0.0693 e. The predicted octanol–water partition coefficient (Wildman–Crippen LogP) is 5.54. The lowest BCUT2D eigenvalue weighted by molar-refractivity contribution is 0.120. The number of hydrogen-bond donors (Lipinski definition) is 0. The van der Waals surface area contributed by atoms with Gasteiger partial charge in [0.15, 0.2) is 0 Å². The van der Waals surface area contributed by atoms with E-state index in [1.165, 1.54) is 24.0 Å². The Labute approximate surface area is 130 Å². The average Bonchev–Trinajstić information content (AvgIpc) is 2.47. The van der Waals surface area contributed by atoms with Crippen LogP contribution in [0.5, 0.6) is 0 Å². The van der Waals surface area contributed by atoms with E-state index in [1.54, 1.807) is 0 Å². The summed E-state index contributed by atoms with van der Waals surface area (Å²) >= 11 is 0. The van der Waals surface area contributed by atoms with E-state index in [0.717, 1.165) is 31.6 Å². The van der Waals surface area contributed by atoms with Crippen LogP contribution in [0.3, 0.4) is 0 Å². The Kier molecular flexibility index (Phi) is 4.77. The highest BCUT2D eigenvalue weighted by molar-refractivity contribution is 5.25. The summed E-state index contributed by atoms with van der Waals surface area (Å²) in [6, 6.07) is 11.5. The third-order valence-corrected chi connectivity index (χ3v) is 5.38. The minimum Gasteiger partial charge on any atom is -0.198 e. The number of nitrogens with zero attached hydrogens (tertiary/aromatic N) is 1. The number of hydrogen-bond acceptors (Lipinski definition) is 1. The molecule has 0 aromatic heterocycles. The standard InChI is InChI=1S/C20H29N/c1-5-16-6-8-17(9-7-16)14-20(15-21)12-10-18(11-13-20)19(2,3)4/h6-9,18H,5,10-14H2,1-4H3. The minimum atomic E-state index is -0.129. The van der Waals surface area contributed by atoms with Gasteiger partial charge in [-0.3, -0.25) is 0 Å². The molecule has 1 aromatic rings. The molecule has 0 bridgehead atoms. The van der Waals surface area contributed by atoms with Crippen LogP contribution in [0.2, 0.25) is 0 Å². The van der Waals surface area contributed by atoms with Crippen LogP contribution < -0.4 is 0 Å². The zero-order valence-corrected chi connectivity index (χ0v) is 14.1. The fraction of sp³-hybridized carbons (Fsp3) is 0.650. The van der Waals surface area contributed by atoms with E-state index in [1.807, 2.05) is 0 Å². The van der Waals surface area contributed by atoms with Crippen molar-refractivity contribution in [2.75, 3.05) is 0 Å². The summed E-state index contributed by atoms with van der Waals surface area (Å²) in [6.45, 7) is 9.18. The van der Waals surface area contributed by atoms with Gasteiger partial charge in [0, 0.05) is 0 Å². The quantitative estimate of drug-likeness (QED) is 0.714. The predicted molar refractivity (Wildman–Crippen MR) is 89.0 cm³/mol. The summed E-state index contributed by atoms with van der Waals surface area (Å²) < 4.78 is 0. The molecule has 1 aliphatic carbocycles. The molecule has 0 spiro atoms. The fourth-order valence-corrected chi connectivity index (χ4v) is 3.65.